The maximum Gasteiger partial charge on any atom is 0.255 e. The standard InChI is InChI=1S/C20H21ClF3NO4S/c1-2-4-14(5-3-8-26)30(28,29)18-9-12(6-7-15(18)21)20(27)25-13-10-16(22)19(24)17(23)11-13/h6-7,9-11,14,26H,2-5,8H2,1H3,(H,25,27)/t14-/m0/s1. The molecule has 0 unspecified atom stereocenters. The number of anilines is 1. The second-order valence-electron chi connectivity index (χ2n) is 6.67. The summed E-state index contributed by atoms with van der Waals surface area (Å²) in [5.41, 5.74) is -0.442. The van der Waals surface area contributed by atoms with Crippen LogP contribution in [-0.2, 0) is 9.84 Å². The summed E-state index contributed by atoms with van der Waals surface area (Å²) in [6, 6.07) is 4.80. The molecule has 1 amide bonds. The number of aliphatic hydroxyl groups excluding tert-OH is 1. The Hall–Kier alpha value is -2.10. The second-order valence-corrected chi connectivity index (χ2v) is 9.28. The minimum atomic E-state index is -3.91. The molecule has 0 spiro atoms. The first-order chi connectivity index (χ1) is 14.1. The van der Waals surface area contributed by atoms with Gasteiger partial charge in [0.15, 0.2) is 27.3 Å². The van der Waals surface area contributed by atoms with Gasteiger partial charge in [-0.1, -0.05) is 24.9 Å². The fourth-order valence-electron chi connectivity index (χ4n) is 2.97. The van der Waals surface area contributed by atoms with Crippen molar-refractivity contribution in [3.05, 3.63) is 58.4 Å². The van der Waals surface area contributed by atoms with Crippen LogP contribution >= 0.6 is 11.6 Å². The number of rotatable bonds is 9. The van der Waals surface area contributed by atoms with Crippen molar-refractivity contribution in [1.29, 1.82) is 0 Å². The van der Waals surface area contributed by atoms with Gasteiger partial charge in [-0.2, -0.15) is 0 Å². The average molecular weight is 464 g/mol. The molecule has 2 aromatic carbocycles. The number of carbonyl (C=O) groups excluding carboxylic acids is 1. The maximum absolute atomic E-state index is 13.3. The highest BCUT2D eigenvalue weighted by Gasteiger charge is 2.29. The fourth-order valence-corrected chi connectivity index (χ4v) is 5.42. The molecule has 2 aromatic rings. The molecule has 0 saturated carbocycles. The smallest absolute Gasteiger partial charge is 0.255 e. The van der Waals surface area contributed by atoms with Gasteiger partial charge in [-0.3, -0.25) is 4.79 Å². The number of nitrogens with one attached hydrogen (secondary N) is 1. The molecule has 0 aromatic heterocycles. The van der Waals surface area contributed by atoms with E-state index in [0.29, 0.717) is 31.4 Å². The Morgan fingerprint density at radius 2 is 1.77 bits per heavy atom. The van der Waals surface area contributed by atoms with E-state index >= 15 is 0 Å². The molecule has 0 radical (unpaired) electrons. The molecular formula is C20H21ClF3NO4S. The molecular weight excluding hydrogens is 443 g/mol. The molecule has 0 aliphatic rings. The van der Waals surface area contributed by atoms with Gasteiger partial charge in [0.2, 0.25) is 0 Å². The number of sulfone groups is 1. The maximum atomic E-state index is 13.3. The summed E-state index contributed by atoms with van der Waals surface area (Å²) < 4.78 is 65.9. The highest BCUT2D eigenvalue weighted by Crippen LogP contribution is 2.30. The largest absolute Gasteiger partial charge is 0.396 e. The lowest BCUT2D eigenvalue weighted by atomic mass is 10.1. The van der Waals surface area contributed by atoms with Crippen molar-refractivity contribution >= 4 is 33.0 Å². The highest BCUT2D eigenvalue weighted by atomic mass is 35.5. The lowest BCUT2D eigenvalue weighted by Crippen LogP contribution is -2.23. The summed E-state index contributed by atoms with van der Waals surface area (Å²) in [4.78, 5) is 12.2. The van der Waals surface area contributed by atoms with Gasteiger partial charge in [0.1, 0.15) is 0 Å². The van der Waals surface area contributed by atoms with Crippen molar-refractivity contribution in [1.82, 2.24) is 0 Å². The Labute approximate surface area is 177 Å². The van der Waals surface area contributed by atoms with Crippen molar-refractivity contribution < 1.29 is 31.5 Å². The first kappa shape index (κ1) is 24.2. The van der Waals surface area contributed by atoms with Crippen LogP contribution in [0.5, 0.6) is 0 Å². The highest BCUT2D eigenvalue weighted by molar-refractivity contribution is 7.92. The molecule has 2 rings (SSSR count). The summed E-state index contributed by atoms with van der Waals surface area (Å²) in [6.07, 6.45) is 1.47. The summed E-state index contributed by atoms with van der Waals surface area (Å²) in [5.74, 6) is -5.47. The zero-order valence-corrected chi connectivity index (χ0v) is 17.7. The van der Waals surface area contributed by atoms with Crippen LogP contribution in [0.3, 0.4) is 0 Å². The van der Waals surface area contributed by atoms with E-state index < -0.39 is 38.4 Å². The molecule has 0 aliphatic heterocycles. The minimum Gasteiger partial charge on any atom is -0.396 e. The van der Waals surface area contributed by atoms with Gasteiger partial charge >= 0.3 is 0 Å². The lowest BCUT2D eigenvalue weighted by Gasteiger charge is -2.18. The Morgan fingerprint density at radius 3 is 2.33 bits per heavy atom. The average Bonchev–Trinajstić information content (AvgIpc) is 2.69. The Bertz CT molecular complexity index is 1010. The van der Waals surface area contributed by atoms with E-state index in [4.69, 9.17) is 16.7 Å². The lowest BCUT2D eigenvalue weighted by molar-refractivity contribution is 0.102. The van der Waals surface area contributed by atoms with E-state index in [2.05, 4.69) is 5.32 Å². The Balaban J connectivity index is 2.36. The van der Waals surface area contributed by atoms with E-state index in [1.54, 1.807) is 0 Å². The zero-order chi connectivity index (χ0) is 22.5. The van der Waals surface area contributed by atoms with Gasteiger partial charge < -0.3 is 10.4 Å². The van der Waals surface area contributed by atoms with E-state index in [1.165, 1.54) is 12.1 Å². The minimum absolute atomic E-state index is 0.0736. The van der Waals surface area contributed by atoms with Gasteiger partial charge in [-0.05, 0) is 37.5 Å². The fraction of sp³-hybridized carbons (Fsp3) is 0.350. The molecule has 0 saturated heterocycles. The van der Waals surface area contributed by atoms with Crippen molar-refractivity contribution in [2.45, 2.75) is 42.8 Å². The van der Waals surface area contributed by atoms with Gasteiger partial charge in [0, 0.05) is 30.0 Å². The molecule has 0 fully saturated rings. The SMILES string of the molecule is CCC[C@@H](CCCO)S(=O)(=O)c1cc(C(=O)Nc2cc(F)c(F)c(F)c2)ccc1Cl. The predicted octanol–water partition coefficient (Wildman–Crippen LogP) is 4.72. The van der Waals surface area contributed by atoms with Gasteiger partial charge in [-0.25, -0.2) is 21.6 Å². The van der Waals surface area contributed by atoms with Crippen LogP contribution in [0.25, 0.3) is 0 Å². The number of hydrogen-bond donors (Lipinski definition) is 2. The van der Waals surface area contributed by atoms with Crippen LogP contribution in [-0.4, -0.2) is 31.3 Å². The molecule has 1 atom stereocenters. The Morgan fingerprint density at radius 1 is 1.13 bits per heavy atom. The monoisotopic (exact) mass is 463 g/mol. The molecule has 0 heterocycles. The van der Waals surface area contributed by atoms with Crippen molar-refractivity contribution in [3.63, 3.8) is 0 Å². The van der Waals surface area contributed by atoms with Gasteiger partial charge in [0.25, 0.3) is 5.91 Å². The first-order valence-electron chi connectivity index (χ1n) is 9.22. The van der Waals surface area contributed by atoms with Crippen molar-refractivity contribution in [2.75, 3.05) is 11.9 Å². The number of amides is 1. The Kier molecular flexibility index (Phi) is 8.28. The summed E-state index contributed by atoms with van der Waals surface area (Å²) in [5, 5.41) is 10.4. The normalized spacial score (nSPS) is 12.6. The molecule has 30 heavy (non-hydrogen) atoms. The molecule has 164 valence electrons. The zero-order valence-electron chi connectivity index (χ0n) is 16.1. The van der Waals surface area contributed by atoms with Crippen LogP contribution in [0.1, 0.15) is 43.0 Å². The molecule has 5 nitrogen and oxygen atoms in total. The molecule has 2 N–H and O–H groups in total. The molecule has 0 bridgehead atoms. The van der Waals surface area contributed by atoms with E-state index in [1.807, 2.05) is 6.92 Å². The van der Waals surface area contributed by atoms with Gasteiger partial charge in [-0.15, -0.1) is 0 Å². The summed E-state index contributed by atoms with van der Waals surface area (Å²) in [7, 11) is -3.91. The second kappa shape index (κ2) is 10.3. The van der Waals surface area contributed by atoms with E-state index in [9.17, 15) is 26.4 Å². The quantitative estimate of drug-likeness (QED) is 0.527. The predicted molar refractivity (Wildman–Crippen MR) is 108 cm³/mol. The van der Waals surface area contributed by atoms with Gasteiger partial charge in [0.05, 0.1) is 15.2 Å². The van der Waals surface area contributed by atoms with Crippen molar-refractivity contribution in [3.8, 4) is 0 Å². The number of benzene rings is 2. The number of halogens is 4. The summed E-state index contributed by atoms with van der Waals surface area (Å²) in [6.45, 7) is 1.67. The number of aliphatic hydroxyl groups is 1. The van der Waals surface area contributed by atoms with Crippen LogP contribution in [0, 0.1) is 17.5 Å². The third-order valence-corrected chi connectivity index (χ3v) is 7.22. The van der Waals surface area contributed by atoms with Crippen LogP contribution < -0.4 is 5.32 Å². The van der Waals surface area contributed by atoms with Crippen LogP contribution in [0.15, 0.2) is 35.2 Å². The van der Waals surface area contributed by atoms with Crippen LogP contribution in [0.4, 0.5) is 18.9 Å². The summed E-state index contributed by atoms with van der Waals surface area (Å²) >= 11 is 6.08. The van der Waals surface area contributed by atoms with Crippen LogP contribution in [0.2, 0.25) is 5.02 Å². The molecule has 10 heteroatoms. The third-order valence-electron chi connectivity index (χ3n) is 4.48. The number of hydrogen-bond acceptors (Lipinski definition) is 4. The van der Waals surface area contributed by atoms with E-state index in [-0.39, 0.29) is 34.2 Å². The third kappa shape index (κ3) is 5.53. The topological polar surface area (TPSA) is 83.5 Å². The van der Waals surface area contributed by atoms with E-state index in [0.717, 1.165) is 6.07 Å². The first-order valence-corrected chi connectivity index (χ1v) is 11.1. The van der Waals surface area contributed by atoms with Crippen molar-refractivity contribution in [2.24, 2.45) is 0 Å². The molecule has 0 aliphatic carbocycles. The number of carbonyl (C=O) groups is 1.